The van der Waals surface area contributed by atoms with Crippen LogP contribution in [0.15, 0.2) is 34.8 Å². The molecule has 1 atom stereocenters. The number of likely N-dealkylation sites (tertiary alicyclic amines) is 1. The molecule has 36 heavy (non-hydrogen) atoms. The molecule has 1 fully saturated rings. The number of hydrogen-bond acceptors (Lipinski definition) is 6. The summed E-state index contributed by atoms with van der Waals surface area (Å²) in [4.78, 5) is 12.3. The van der Waals surface area contributed by atoms with Crippen LogP contribution in [0.2, 0.25) is 0 Å². The molecule has 2 aliphatic heterocycles. The molecule has 0 spiro atoms. The van der Waals surface area contributed by atoms with E-state index < -0.39 is 29.6 Å². The van der Waals surface area contributed by atoms with Crippen LogP contribution in [0, 0.1) is 18.6 Å². The van der Waals surface area contributed by atoms with Crippen molar-refractivity contribution >= 4 is 17.0 Å². The van der Waals surface area contributed by atoms with Gasteiger partial charge in [0.25, 0.3) is 0 Å². The minimum Gasteiger partial charge on any atom is -0.387 e. The standard InChI is InChI=1S/C24H24F5N5OS/c1-14-11-21(24(27,28)29)31-34(14)10-9-33-7-5-15(6-8-33)23-30-19(13-36-23)18-12-20(35-32-18)22-16(25)3-2-4-17(22)26/h2-4,11,13,15,20H,5-10,12H2,1H3/t20-/m1/s1. The first kappa shape index (κ1) is 24.8. The van der Waals surface area contributed by atoms with Crippen LogP contribution in [0.1, 0.15) is 58.9 Å². The highest BCUT2D eigenvalue weighted by Gasteiger charge is 2.34. The van der Waals surface area contributed by atoms with E-state index in [9.17, 15) is 22.0 Å². The van der Waals surface area contributed by atoms with Gasteiger partial charge in [-0.1, -0.05) is 11.2 Å². The molecule has 4 heterocycles. The van der Waals surface area contributed by atoms with Crippen LogP contribution < -0.4 is 0 Å². The molecule has 12 heteroatoms. The smallest absolute Gasteiger partial charge is 0.387 e. The van der Waals surface area contributed by atoms with Crippen molar-refractivity contribution in [3.8, 4) is 0 Å². The van der Waals surface area contributed by atoms with Crippen molar-refractivity contribution in [2.45, 2.75) is 50.9 Å². The fraction of sp³-hybridized carbons (Fsp3) is 0.458. The molecule has 0 N–H and O–H groups in total. The van der Waals surface area contributed by atoms with E-state index in [0.717, 1.165) is 37.0 Å². The molecule has 0 bridgehead atoms. The maximum atomic E-state index is 14.1. The van der Waals surface area contributed by atoms with Gasteiger partial charge in [-0.25, -0.2) is 13.8 Å². The Morgan fingerprint density at radius 3 is 2.50 bits per heavy atom. The Morgan fingerprint density at radius 1 is 1.11 bits per heavy atom. The van der Waals surface area contributed by atoms with Crippen LogP contribution in [0.3, 0.4) is 0 Å². The lowest BCUT2D eigenvalue weighted by molar-refractivity contribution is -0.141. The molecule has 2 aromatic heterocycles. The summed E-state index contributed by atoms with van der Waals surface area (Å²) >= 11 is 1.53. The van der Waals surface area contributed by atoms with Gasteiger partial charge in [0, 0.05) is 30.0 Å². The lowest BCUT2D eigenvalue weighted by Gasteiger charge is -2.31. The summed E-state index contributed by atoms with van der Waals surface area (Å²) < 4.78 is 68.2. The minimum atomic E-state index is -4.44. The number of rotatable bonds is 6. The SMILES string of the molecule is Cc1cc(C(F)(F)F)nn1CCN1CCC(c2nc(C3=NO[C@@H](c4c(F)cccc4F)C3)cs2)CC1. The third-order valence-electron chi connectivity index (χ3n) is 6.64. The first-order valence-corrected chi connectivity index (χ1v) is 12.5. The van der Waals surface area contributed by atoms with Crippen LogP contribution in [0.4, 0.5) is 22.0 Å². The monoisotopic (exact) mass is 525 g/mol. The normalized spacial score (nSPS) is 19.5. The number of halogens is 5. The van der Waals surface area contributed by atoms with Gasteiger partial charge < -0.3 is 9.74 Å². The van der Waals surface area contributed by atoms with E-state index in [2.05, 4.69) is 15.2 Å². The van der Waals surface area contributed by atoms with Gasteiger partial charge in [0.2, 0.25) is 0 Å². The lowest BCUT2D eigenvalue weighted by atomic mass is 9.97. The van der Waals surface area contributed by atoms with Gasteiger partial charge >= 0.3 is 6.18 Å². The van der Waals surface area contributed by atoms with E-state index in [1.54, 1.807) is 6.92 Å². The van der Waals surface area contributed by atoms with E-state index in [4.69, 9.17) is 9.82 Å². The zero-order chi connectivity index (χ0) is 25.4. The van der Waals surface area contributed by atoms with Gasteiger partial charge in [-0.15, -0.1) is 11.3 Å². The maximum absolute atomic E-state index is 14.1. The molecule has 1 saturated heterocycles. The predicted molar refractivity (Wildman–Crippen MR) is 124 cm³/mol. The number of alkyl halides is 3. The second-order valence-corrected chi connectivity index (χ2v) is 9.94. The van der Waals surface area contributed by atoms with Crippen molar-refractivity contribution in [2.75, 3.05) is 19.6 Å². The van der Waals surface area contributed by atoms with E-state index in [1.807, 2.05) is 5.38 Å². The highest BCUT2D eigenvalue weighted by atomic mass is 32.1. The Morgan fingerprint density at radius 2 is 1.83 bits per heavy atom. The molecule has 5 rings (SSSR count). The number of hydrogen-bond donors (Lipinski definition) is 0. The molecule has 0 radical (unpaired) electrons. The molecule has 6 nitrogen and oxygen atoms in total. The van der Waals surface area contributed by atoms with Crippen molar-refractivity contribution in [2.24, 2.45) is 5.16 Å². The Kier molecular flexibility index (Phi) is 6.82. The first-order valence-electron chi connectivity index (χ1n) is 11.7. The first-order chi connectivity index (χ1) is 17.2. The molecule has 0 unspecified atom stereocenters. The topological polar surface area (TPSA) is 55.5 Å². The van der Waals surface area contributed by atoms with Gasteiger partial charge in [-0.2, -0.15) is 18.3 Å². The molecule has 0 aliphatic carbocycles. The van der Waals surface area contributed by atoms with Gasteiger partial charge in [0.05, 0.1) is 22.8 Å². The van der Waals surface area contributed by atoms with E-state index in [1.165, 1.54) is 34.2 Å². The number of piperidine rings is 1. The maximum Gasteiger partial charge on any atom is 0.435 e. The number of aryl methyl sites for hydroxylation is 1. The van der Waals surface area contributed by atoms with Crippen LogP contribution >= 0.6 is 11.3 Å². The highest BCUT2D eigenvalue weighted by molar-refractivity contribution is 7.10. The Balaban J connectivity index is 1.14. The number of oxime groups is 1. The average Bonchev–Trinajstić information content (AvgIpc) is 3.58. The summed E-state index contributed by atoms with van der Waals surface area (Å²) in [6.07, 6.45) is -3.26. The summed E-state index contributed by atoms with van der Waals surface area (Å²) in [5.74, 6) is -1.05. The summed E-state index contributed by atoms with van der Waals surface area (Å²) in [5.41, 5.74) is 0.730. The number of nitrogens with zero attached hydrogens (tertiary/aromatic N) is 5. The third-order valence-corrected chi connectivity index (χ3v) is 7.65. The number of thiazole rings is 1. The summed E-state index contributed by atoms with van der Waals surface area (Å²) in [6, 6.07) is 4.78. The highest BCUT2D eigenvalue weighted by Crippen LogP contribution is 2.35. The van der Waals surface area contributed by atoms with Crippen molar-refractivity contribution in [1.82, 2.24) is 19.7 Å². The van der Waals surface area contributed by atoms with Crippen molar-refractivity contribution in [3.63, 3.8) is 0 Å². The van der Waals surface area contributed by atoms with Gasteiger partial charge in [0.1, 0.15) is 17.3 Å². The van der Waals surface area contributed by atoms with Crippen molar-refractivity contribution < 1.29 is 26.8 Å². The molecular formula is C24H24F5N5OS. The van der Waals surface area contributed by atoms with Gasteiger partial charge in [-0.3, -0.25) is 4.68 Å². The summed E-state index contributed by atoms with van der Waals surface area (Å²) in [6.45, 7) is 4.27. The third kappa shape index (κ3) is 5.15. The molecular weight excluding hydrogens is 501 g/mol. The molecule has 0 saturated carbocycles. The van der Waals surface area contributed by atoms with E-state index >= 15 is 0 Å². The quantitative estimate of drug-likeness (QED) is 0.388. The zero-order valence-corrected chi connectivity index (χ0v) is 20.3. The van der Waals surface area contributed by atoms with Crippen LogP contribution in [0.5, 0.6) is 0 Å². The van der Waals surface area contributed by atoms with Crippen molar-refractivity contribution in [1.29, 1.82) is 0 Å². The Labute approximate surface area is 208 Å². The lowest BCUT2D eigenvalue weighted by Crippen LogP contribution is -2.35. The minimum absolute atomic E-state index is 0.126. The number of benzene rings is 1. The second kappa shape index (κ2) is 9.89. The fourth-order valence-corrected chi connectivity index (χ4v) is 5.62. The molecule has 2 aliphatic rings. The fourth-order valence-electron chi connectivity index (χ4n) is 4.62. The second-order valence-electron chi connectivity index (χ2n) is 9.05. The van der Waals surface area contributed by atoms with Crippen LogP contribution in [-0.4, -0.2) is 45.0 Å². The number of aromatic nitrogens is 3. The van der Waals surface area contributed by atoms with E-state index in [-0.39, 0.29) is 17.9 Å². The van der Waals surface area contributed by atoms with Gasteiger partial charge in [0.15, 0.2) is 11.8 Å². The summed E-state index contributed by atoms with van der Waals surface area (Å²) in [7, 11) is 0. The summed E-state index contributed by atoms with van der Waals surface area (Å²) in [5, 5.41) is 10.6. The molecule has 3 aromatic rings. The van der Waals surface area contributed by atoms with E-state index in [0.29, 0.717) is 30.2 Å². The average molecular weight is 526 g/mol. The molecule has 1 aromatic carbocycles. The Bertz CT molecular complexity index is 1240. The predicted octanol–water partition coefficient (Wildman–Crippen LogP) is 5.69. The largest absolute Gasteiger partial charge is 0.435 e. The molecule has 0 amide bonds. The van der Waals surface area contributed by atoms with Gasteiger partial charge in [-0.05, 0) is 51.1 Å². The van der Waals surface area contributed by atoms with Crippen LogP contribution in [0.25, 0.3) is 0 Å². The molecule has 192 valence electrons. The van der Waals surface area contributed by atoms with Crippen molar-refractivity contribution in [3.05, 3.63) is 68.9 Å². The zero-order valence-electron chi connectivity index (χ0n) is 19.4. The van der Waals surface area contributed by atoms with Crippen LogP contribution in [-0.2, 0) is 17.6 Å². The Hall–Kier alpha value is -2.86.